The Labute approximate surface area is 301 Å². The zero-order valence-electron chi connectivity index (χ0n) is 28.2. The van der Waals surface area contributed by atoms with E-state index in [-0.39, 0.29) is 12.8 Å². The van der Waals surface area contributed by atoms with Gasteiger partial charge in [0.05, 0.1) is 17.7 Å². The summed E-state index contributed by atoms with van der Waals surface area (Å²) in [7, 11) is 0. The molecule has 0 aliphatic carbocycles. The highest BCUT2D eigenvalue weighted by Crippen LogP contribution is 2.44. The minimum atomic E-state index is -1.51. The number of nitriles is 1. The minimum Gasteiger partial charge on any atom is -0.480 e. The third-order valence-electron chi connectivity index (χ3n) is 8.01. The molecule has 1 aliphatic rings. The van der Waals surface area contributed by atoms with Gasteiger partial charge in [-0.3, -0.25) is 9.59 Å². The van der Waals surface area contributed by atoms with Crippen molar-refractivity contribution in [2.45, 2.75) is 82.9 Å². The van der Waals surface area contributed by atoms with Crippen LogP contribution in [0.25, 0.3) is 0 Å². The number of carboxylic acids is 1. The van der Waals surface area contributed by atoms with Gasteiger partial charge in [-0.05, 0) is 80.3 Å². The first-order valence-corrected chi connectivity index (χ1v) is 16.9. The van der Waals surface area contributed by atoms with E-state index in [0.717, 1.165) is 5.56 Å². The lowest BCUT2D eigenvalue weighted by atomic mass is 9.88. The second-order valence-electron chi connectivity index (χ2n) is 12.9. The fourth-order valence-corrected chi connectivity index (χ4v) is 5.97. The van der Waals surface area contributed by atoms with E-state index in [1.54, 1.807) is 93.6 Å². The molecule has 5 atom stereocenters. The van der Waals surface area contributed by atoms with E-state index in [9.17, 15) is 29.5 Å². The van der Waals surface area contributed by atoms with Gasteiger partial charge in [-0.25, -0.2) is 9.59 Å². The van der Waals surface area contributed by atoms with Crippen LogP contribution in [-0.2, 0) is 30.3 Å². The molecule has 1 fully saturated rings. The number of carboxylic acid groups (broad SMARTS) is 1. The van der Waals surface area contributed by atoms with Crippen LogP contribution in [0.3, 0.4) is 0 Å². The van der Waals surface area contributed by atoms with Gasteiger partial charge >= 0.3 is 12.1 Å². The van der Waals surface area contributed by atoms with Crippen molar-refractivity contribution >= 4 is 47.1 Å². The van der Waals surface area contributed by atoms with Crippen molar-refractivity contribution in [2.24, 2.45) is 0 Å². The van der Waals surface area contributed by atoms with Gasteiger partial charge in [0.15, 0.2) is 0 Å². The van der Waals surface area contributed by atoms with Gasteiger partial charge < -0.3 is 30.1 Å². The number of aliphatic carboxylic acids is 1. The number of hydrogen-bond acceptors (Lipinski definition) is 7. The molecule has 1 aliphatic heterocycles. The molecule has 264 valence electrons. The van der Waals surface area contributed by atoms with Crippen molar-refractivity contribution in [2.75, 3.05) is 6.54 Å². The van der Waals surface area contributed by atoms with Crippen LogP contribution in [0.4, 0.5) is 4.79 Å². The molecule has 0 unspecified atom stereocenters. The van der Waals surface area contributed by atoms with Gasteiger partial charge in [0.25, 0.3) is 5.91 Å². The first-order chi connectivity index (χ1) is 23.7. The van der Waals surface area contributed by atoms with E-state index < -0.39 is 66.4 Å². The van der Waals surface area contributed by atoms with Crippen LogP contribution in [-0.4, -0.2) is 64.2 Å². The summed E-state index contributed by atoms with van der Waals surface area (Å²) in [6.45, 7) is 6.33. The third kappa shape index (κ3) is 9.97. The Morgan fingerprint density at radius 3 is 2.08 bits per heavy atom. The highest BCUT2D eigenvalue weighted by atomic mass is 35.5. The Balaban J connectivity index is 1.75. The molecular weight excluding hydrogens is 683 g/mol. The number of halogens is 2. The van der Waals surface area contributed by atoms with Crippen molar-refractivity contribution in [3.05, 3.63) is 105 Å². The van der Waals surface area contributed by atoms with E-state index >= 15 is 0 Å². The number of nitrogens with one attached hydrogen (secondary N) is 2. The summed E-state index contributed by atoms with van der Waals surface area (Å²) in [4.78, 5) is 54.7. The lowest BCUT2D eigenvalue weighted by Crippen LogP contribution is -2.60. The van der Waals surface area contributed by atoms with Gasteiger partial charge in [-0.1, -0.05) is 72.9 Å². The number of hydrogen-bond donors (Lipinski definition) is 3. The summed E-state index contributed by atoms with van der Waals surface area (Å²) in [6.07, 6.45) is -1.86. The fraction of sp³-hybridized carbons (Fsp3) is 0.378. The predicted octanol–water partition coefficient (Wildman–Crippen LogP) is 6.38. The van der Waals surface area contributed by atoms with Crippen LogP contribution in [0.5, 0.6) is 0 Å². The zero-order valence-corrected chi connectivity index (χ0v) is 29.7. The van der Waals surface area contributed by atoms with Crippen molar-refractivity contribution in [3.63, 3.8) is 0 Å². The topological polar surface area (TPSA) is 158 Å². The molecular formula is C37H40Cl2N4O7. The summed E-state index contributed by atoms with van der Waals surface area (Å²) in [5.41, 5.74) is 1.71. The molecule has 3 aromatic carbocycles. The summed E-state index contributed by atoms with van der Waals surface area (Å²) < 4.78 is 11.8. The van der Waals surface area contributed by atoms with E-state index in [0.29, 0.717) is 33.2 Å². The Morgan fingerprint density at radius 1 is 0.980 bits per heavy atom. The van der Waals surface area contributed by atoms with Crippen LogP contribution >= 0.6 is 23.2 Å². The minimum absolute atomic E-state index is 0.153. The summed E-state index contributed by atoms with van der Waals surface area (Å²) in [6, 6.07) is 19.5. The molecule has 0 saturated carbocycles. The molecule has 0 radical (unpaired) electrons. The molecule has 1 heterocycles. The normalized spacial score (nSPS) is 18.8. The lowest BCUT2D eigenvalue weighted by Gasteiger charge is -2.47. The van der Waals surface area contributed by atoms with E-state index in [2.05, 4.69) is 16.7 Å². The van der Waals surface area contributed by atoms with Gasteiger partial charge in [0.2, 0.25) is 5.91 Å². The lowest BCUT2D eigenvalue weighted by molar-refractivity contribution is -0.181. The molecule has 1 saturated heterocycles. The van der Waals surface area contributed by atoms with Crippen molar-refractivity contribution in [1.82, 2.24) is 15.5 Å². The smallest absolute Gasteiger partial charge is 0.408 e. The molecule has 0 bridgehead atoms. The Morgan fingerprint density at radius 2 is 1.56 bits per heavy atom. The number of ether oxygens (including phenoxy) is 2. The number of rotatable bonds is 12. The maximum atomic E-state index is 14.6. The van der Waals surface area contributed by atoms with Crippen LogP contribution in [0, 0.1) is 11.3 Å². The largest absolute Gasteiger partial charge is 0.480 e. The number of benzene rings is 3. The number of amides is 3. The third-order valence-corrected chi connectivity index (χ3v) is 8.52. The average Bonchev–Trinajstić information content (AvgIpc) is 3.06. The van der Waals surface area contributed by atoms with Crippen molar-refractivity contribution < 1.29 is 33.8 Å². The van der Waals surface area contributed by atoms with E-state index in [4.69, 9.17) is 32.7 Å². The standard InChI is InChI=1S/C37H40Cl2N4O7/c1-5-6-29(33(44)41-21-28(35(46)47)42-36(48)50-37(2,3)4)43-31(24-11-15-26(38)16-12-24)32(25-13-17-27(39)18-14-25)49-30(34(43)45)19-22-7-9-23(20-40)10-8-22/h7-18,28-32H,5-6,19,21H2,1-4H3,(H,41,44)(H,42,48)(H,46,47)/t28-,29+,30-,31+,32-/m1/s1. The summed E-state index contributed by atoms with van der Waals surface area (Å²) in [5.74, 6) is -2.44. The fourth-order valence-electron chi connectivity index (χ4n) is 5.72. The molecule has 3 amide bonds. The second-order valence-corrected chi connectivity index (χ2v) is 13.8. The maximum Gasteiger partial charge on any atom is 0.408 e. The van der Waals surface area contributed by atoms with Gasteiger partial charge in [-0.15, -0.1) is 0 Å². The van der Waals surface area contributed by atoms with Gasteiger partial charge in [0.1, 0.15) is 29.9 Å². The second kappa shape index (κ2) is 16.9. The van der Waals surface area contributed by atoms with Crippen molar-refractivity contribution in [3.8, 4) is 6.07 Å². The number of carbonyl (C=O) groups excluding carboxylic acids is 3. The highest BCUT2D eigenvalue weighted by Gasteiger charge is 2.48. The average molecular weight is 724 g/mol. The number of carbonyl (C=O) groups is 4. The molecule has 0 aromatic heterocycles. The van der Waals surface area contributed by atoms with E-state index in [1.807, 2.05) is 6.92 Å². The molecule has 3 N–H and O–H groups in total. The first kappa shape index (κ1) is 38.2. The number of morpholine rings is 1. The molecule has 50 heavy (non-hydrogen) atoms. The van der Waals surface area contributed by atoms with Crippen LogP contribution in [0.15, 0.2) is 72.8 Å². The van der Waals surface area contributed by atoms with Crippen molar-refractivity contribution in [1.29, 1.82) is 5.26 Å². The van der Waals surface area contributed by atoms with Crippen LogP contribution in [0.2, 0.25) is 10.0 Å². The molecule has 0 spiro atoms. The molecule has 3 aromatic rings. The Kier molecular flexibility index (Phi) is 12.9. The number of alkyl carbamates (subject to hydrolysis) is 1. The SMILES string of the molecule is CCC[C@@H](C(=O)NC[C@@H](NC(=O)OC(C)(C)C)C(=O)O)N1C(=O)[C@@H](Cc2ccc(C#N)cc2)O[C@H](c2ccc(Cl)cc2)[C@@H]1c1ccc(Cl)cc1. The molecule has 13 heteroatoms. The predicted molar refractivity (Wildman–Crippen MR) is 187 cm³/mol. The molecule has 11 nitrogen and oxygen atoms in total. The zero-order chi connectivity index (χ0) is 36.6. The van der Waals surface area contributed by atoms with E-state index in [1.165, 1.54) is 4.90 Å². The van der Waals surface area contributed by atoms with Crippen LogP contribution < -0.4 is 10.6 Å². The Hall–Kier alpha value is -4.63. The Bertz CT molecular complexity index is 1700. The monoisotopic (exact) mass is 722 g/mol. The highest BCUT2D eigenvalue weighted by molar-refractivity contribution is 6.30. The van der Waals surface area contributed by atoms with Gasteiger partial charge in [0, 0.05) is 23.0 Å². The summed E-state index contributed by atoms with van der Waals surface area (Å²) >= 11 is 12.5. The molecule has 4 rings (SSSR count). The summed E-state index contributed by atoms with van der Waals surface area (Å²) in [5, 5.41) is 25.0. The maximum absolute atomic E-state index is 14.6. The van der Waals surface area contributed by atoms with Crippen LogP contribution in [0.1, 0.15) is 74.9 Å². The van der Waals surface area contributed by atoms with Gasteiger partial charge in [-0.2, -0.15) is 5.26 Å². The number of nitrogens with zero attached hydrogens (tertiary/aromatic N) is 2. The first-order valence-electron chi connectivity index (χ1n) is 16.2. The quantitative estimate of drug-likeness (QED) is 0.194.